The highest BCUT2D eigenvalue weighted by Gasteiger charge is 2.42. The van der Waals surface area contributed by atoms with E-state index in [4.69, 9.17) is 47.4 Å². The van der Waals surface area contributed by atoms with E-state index in [0.29, 0.717) is 51.4 Å². The number of esters is 2. The molecule has 4 bridgehead atoms. The summed E-state index contributed by atoms with van der Waals surface area (Å²) in [7, 11) is 6.55. The van der Waals surface area contributed by atoms with Crippen LogP contribution in [-0.2, 0) is 57.0 Å². The molecule has 5 aliphatic heterocycles. The first-order valence-electron chi connectivity index (χ1n) is 35.3. The third kappa shape index (κ3) is 26.1. The average molecular weight is 1320 g/mol. The van der Waals surface area contributed by atoms with E-state index in [-0.39, 0.29) is 117 Å². The zero-order valence-corrected chi connectivity index (χ0v) is 59.1. The monoisotopic (exact) mass is 1320 g/mol. The number of hydrogen-bond acceptors (Lipinski definition) is 20. The Hall–Kier alpha value is -2.74. The van der Waals surface area contributed by atoms with Crippen molar-refractivity contribution in [2.75, 3.05) is 28.4 Å². The second kappa shape index (κ2) is 40.4. The molecule has 20 nitrogen and oxygen atoms in total. The van der Waals surface area contributed by atoms with Crippen molar-refractivity contribution in [1.29, 1.82) is 0 Å². The quantitative estimate of drug-likeness (QED) is 0.0529. The first kappa shape index (κ1) is 80.9. The van der Waals surface area contributed by atoms with Crippen LogP contribution in [0.25, 0.3) is 0 Å². The summed E-state index contributed by atoms with van der Waals surface area (Å²) in [6, 6.07) is 0. The van der Waals surface area contributed by atoms with Crippen LogP contribution in [0.2, 0.25) is 0 Å². The van der Waals surface area contributed by atoms with Gasteiger partial charge in [-0.1, -0.05) is 84.9 Å². The van der Waals surface area contributed by atoms with Crippen LogP contribution in [0.5, 0.6) is 0 Å². The Balaban J connectivity index is 1.36. The van der Waals surface area contributed by atoms with E-state index in [2.05, 4.69) is 0 Å². The summed E-state index contributed by atoms with van der Waals surface area (Å²) >= 11 is 0. The number of rotatable bonds is 16. The highest BCUT2D eigenvalue weighted by molar-refractivity contribution is 5.88. The summed E-state index contributed by atoms with van der Waals surface area (Å²) in [5, 5.41) is 94.3. The fraction of sp³-hybridized carbons (Fsp3) is 0.863. The standard InChI is InChI=1S/C73H126O20/c1-41(24-28-59-37-61(84-12)30-45(5)88-59)68(80)50(10)70-48(8)64(77)35-54(76)34-63(86-14)36-57-20-16-18-55(90-57)32-52(74)26-22-44(4)73(83)93-71(51(11)69(81)42(2)25-29-60-38-62(85-13)31-46(6)89-60)49(9)66(79)40-65(78)47(7)67(87-15)39-58-21-17-19-56(91-58)33-53(75)27-23-43(3)72(82)92-70/h16-19,22-23,41-42,45-71,74-81H,20-21,24-40H2,1-15H3/b43-23+,44-22+/t41-,42+,45+,46-,47-,48+,49-,50-,51+,52+,53+,54+,55-,56-,57+,58-,59-,60-,61+,62+,63+,64-,65+,66+,67-,68-,69+,70-,71-/m0/s1. The predicted molar refractivity (Wildman–Crippen MR) is 355 cm³/mol. The average Bonchev–Trinajstić information content (AvgIpc) is 1.15. The number of fused-ring (bicyclic) bond motifs is 4. The Morgan fingerprint density at radius 2 is 0.860 bits per heavy atom. The van der Waals surface area contributed by atoms with Gasteiger partial charge in [0.2, 0.25) is 0 Å². The minimum absolute atomic E-state index is 0.0333. The van der Waals surface area contributed by atoms with Crippen LogP contribution in [0, 0.1) is 41.4 Å². The van der Waals surface area contributed by atoms with Gasteiger partial charge in [-0.2, -0.15) is 0 Å². The highest BCUT2D eigenvalue weighted by atomic mass is 16.6. The van der Waals surface area contributed by atoms with E-state index in [1.807, 2.05) is 72.8 Å². The normalized spacial score (nSPS) is 41.0. The fourth-order valence-electron chi connectivity index (χ4n) is 14.8. The molecule has 0 aromatic carbocycles. The maximum atomic E-state index is 14.2. The third-order valence-electron chi connectivity index (χ3n) is 21.3. The van der Waals surface area contributed by atoms with Gasteiger partial charge in [0.05, 0.1) is 122 Å². The van der Waals surface area contributed by atoms with Crippen molar-refractivity contribution in [3.8, 4) is 0 Å². The van der Waals surface area contributed by atoms with Crippen LogP contribution in [0.4, 0.5) is 0 Å². The molecule has 0 saturated carbocycles. The van der Waals surface area contributed by atoms with Crippen LogP contribution >= 0.6 is 0 Å². The zero-order valence-electron chi connectivity index (χ0n) is 59.1. The Labute approximate surface area is 557 Å². The molecule has 0 spiro atoms. The molecule has 0 radical (unpaired) electrons. The molecule has 5 heterocycles. The van der Waals surface area contributed by atoms with Crippen molar-refractivity contribution in [3.05, 3.63) is 47.6 Å². The molecule has 0 amide bonds. The summed E-state index contributed by atoms with van der Waals surface area (Å²) in [6.45, 7) is 20.2. The van der Waals surface area contributed by atoms with Crippen molar-refractivity contribution in [2.45, 2.75) is 332 Å². The Kier molecular flexibility index (Phi) is 35.1. The second-order valence-electron chi connectivity index (χ2n) is 29.0. The molecule has 20 heteroatoms. The summed E-state index contributed by atoms with van der Waals surface area (Å²) in [5.74, 6) is -5.09. The van der Waals surface area contributed by atoms with Crippen LogP contribution in [0.15, 0.2) is 47.6 Å². The number of aliphatic hydroxyl groups is 8. The van der Waals surface area contributed by atoms with Gasteiger partial charge in [0.1, 0.15) is 12.2 Å². The molecule has 5 aliphatic rings. The van der Waals surface area contributed by atoms with Crippen LogP contribution in [0.3, 0.4) is 0 Å². The van der Waals surface area contributed by atoms with Crippen LogP contribution in [-0.4, -0.2) is 216 Å². The summed E-state index contributed by atoms with van der Waals surface area (Å²) in [6.07, 6.45) is 6.84. The van der Waals surface area contributed by atoms with Gasteiger partial charge >= 0.3 is 11.9 Å². The lowest BCUT2D eigenvalue weighted by Crippen LogP contribution is -2.46. The molecule has 0 aromatic heterocycles. The molecule has 93 heavy (non-hydrogen) atoms. The first-order chi connectivity index (χ1) is 44.0. The number of carbonyl (C=O) groups is 2. The molecule has 538 valence electrons. The molecule has 0 aromatic rings. The van der Waals surface area contributed by atoms with Crippen molar-refractivity contribution in [1.82, 2.24) is 0 Å². The van der Waals surface area contributed by atoms with Gasteiger partial charge in [-0.05, 0) is 136 Å². The van der Waals surface area contributed by atoms with Gasteiger partial charge in [0.15, 0.2) is 0 Å². The molecule has 0 unspecified atom stereocenters. The molecular weight excluding hydrogens is 1200 g/mol. The van der Waals surface area contributed by atoms with Gasteiger partial charge in [-0.15, -0.1) is 0 Å². The van der Waals surface area contributed by atoms with Crippen LogP contribution < -0.4 is 0 Å². The number of carbonyl (C=O) groups excluding carboxylic acids is 2. The van der Waals surface area contributed by atoms with E-state index in [0.717, 1.165) is 25.7 Å². The molecule has 0 aliphatic carbocycles. The molecule has 5 rings (SSSR count). The van der Waals surface area contributed by atoms with E-state index in [1.165, 1.54) is 0 Å². The van der Waals surface area contributed by atoms with Crippen LogP contribution in [0.1, 0.15) is 198 Å². The lowest BCUT2D eigenvalue weighted by molar-refractivity contribution is -0.159. The van der Waals surface area contributed by atoms with Crippen molar-refractivity contribution in [3.63, 3.8) is 0 Å². The molecule has 8 N–H and O–H groups in total. The predicted octanol–water partition coefficient (Wildman–Crippen LogP) is 8.75. The van der Waals surface area contributed by atoms with E-state index >= 15 is 0 Å². The highest BCUT2D eigenvalue weighted by Crippen LogP contribution is 2.36. The van der Waals surface area contributed by atoms with E-state index < -0.39 is 127 Å². The largest absolute Gasteiger partial charge is 0.458 e. The van der Waals surface area contributed by atoms with Crippen molar-refractivity contribution >= 4 is 11.9 Å². The number of cyclic esters (lactones) is 2. The maximum absolute atomic E-state index is 14.2. The summed E-state index contributed by atoms with van der Waals surface area (Å²) in [5.41, 5.74) is 0.472. The van der Waals surface area contributed by atoms with Crippen molar-refractivity contribution in [2.24, 2.45) is 41.4 Å². The second-order valence-corrected chi connectivity index (χ2v) is 29.0. The molecule has 2 saturated heterocycles. The van der Waals surface area contributed by atoms with Gasteiger partial charge < -0.3 is 88.2 Å². The van der Waals surface area contributed by atoms with E-state index in [9.17, 15) is 50.4 Å². The first-order valence-corrected chi connectivity index (χ1v) is 35.3. The smallest absolute Gasteiger partial charge is 0.333 e. The number of aliphatic hydroxyl groups excluding tert-OH is 8. The lowest BCUT2D eigenvalue weighted by atomic mass is 9.78. The minimum atomic E-state index is -1.18. The zero-order chi connectivity index (χ0) is 68.8. The van der Waals surface area contributed by atoms with Gasteiger partial charge in [0.25, 0.3) is 0 Å². The van der Waals surface area contributed by atoms with Gasteiger partial charge in [0, 0.05) is 94.9 Å². The van der Waals surface area contributed by atoms with E-state index in [1.54, 1.807) is 68.3 Å². The summed E-state index contributed by atoms with van der Waals surface area (Å²) in [4.78, 5) is 28.3. The minimum Gasteiger partial charge on any atom is -0.458 e. The number of hydrogen-bond donors (Lipinski definition) is 8. The topological polar surface area (TPSA) is 288 Å². The molecule has 2 fully saturated rings. The van der Waals surface area contributed by atoms with Crippen molar-refractivity contribution < 1.29 is 97.8 Å². The fourth-order valence-corrected chi connectivity index (χ4v) is 14.8. The Morgan fingerprint density at radius 3 is 1.28 bits per heavy atom. The Bertz CT molecular complexity index is 2280. The maximum Gasteiger partial charge on any atom is 0.333 e. The van der Waals surface area contributed by atoms with Gasteiger partial charge in [-0.3, -0.25) is 0 Å². The lowest BCUT2D eigenvalue weighted by Gasteiger charge is -2.38. The number of ether oxygens (including phenoxy) is 10. The third-order valence-corrected chi connectivity index (χ3v) is 21.3. The summed E-state index contributed by atoms with van der Waals surface area (Å²) < 4.78 is 61.3. The SMILES string of the molecule is CO[C@@H]1C[C@@H](O)C[C@H](O)[C@@H](C)[C@@H]([C@@H](C)[C@@H](O)[C@@H](C)CC[C@H]2C[C@H](OC)C[C@@H](C)O2)OC(=O)/C(C)=C/C[C@@H](O)C[C@@H]2C=CC[C@@H](C[C@H](OC)[C@@H](C)[C@H](O)C[C@@H](O)[C@H](C)[C@@H]([C@H](C)[C@H](O)[C@H](C)CC[C@H]3C[C@H](OC)C[C@H](C)O3)OC(=O)/C(C)=C/C[C@@H](O)C[C@@H]3C=CC[C@H](C1)O3)O2. The molecular formula is C73H126O20. The van der Waals surface area contributed by atoms with Gasteiger partial charge in [-0.25, -0.2) is 9.59 Å². The Morgan fingerprint density at radius 1 is 0.462 bits per heavy atom. The number of methoxy groups -OCH3 is 4. The molecule has 29 atom stereocenters.